The van der Waals surface area contributed by atoms with Crippen molar-refractivity contribution in [2.45, 2.75) is 20.4 Å². The van der Waals surface area contributed by atoms with Crippen LogP contribution in [0.15, 0.2) is 118 Å². The molecule has 0 saturated carbocycles. The number of benzene rings is 4. The Morgan fingerprint density at radius 1 is 0.865 bits per heavy atom. The average molecular weight is 553 g/mol. The van der Waals surface area contributed by atoms with Crippen LogP contribution in [0, 0.1) is 5.82 Å². The molecule has 9 heteroatoms. The van der Waals surface area contributed by atoms with E-state index in [1.165, 1.54) is 47.0 Å². The monoisotopic (exact) mass is 552 g/mol. The Kier molecular flexibility index (Phi) is 8.91. The van der Waals surface area contributed by atoms with Crippen molar-refractivity contribution in [1.29, 1.82) is 0 Å². The number of carbonyl (C=O) groups is 1. The lowest BCUT2D eigenvalue weighted by molar-refractivity contribution is -0.114. The van der Waals surface area contributed by atoms with Crippen molar-refractivity contribution >= 4 is 50.8 Å². The van der Waals surface area contributed by atoms with E-state index in [4.69, 9.17) is 0 Å². The van der Waals surface area contributed by atoms with Crippen molar-refractivity contribution in [3.05, 3.63) is 115 Å². The second-order valence-electron chi connectivity index (χ2n) is 8.01. The molecule has 4 aromatic rings. The Morgan fingerprint density at radius 3 is 2.22 bits per heavy atom. The largest absolute Gasteiger partial charge is 0.325 e. The van der Waals surface area contributed by atoms with Gasteiger partial charge in [-0.3, -0.25) is 9.10 Å². The van der Waals surface area contributed by atoms with Crippen molar-refractivity contribution in [2.24, 2.45) is 0 Å². The number of amides is 1. The van der Waals surface area contributed by atoms with Gasteiger partial charge in [0.05, 0.1) is 10.6 Å². The van der Waals surface area contributed by atoms with Gasteiger partial charge in [0.15, 0.2) is 0 Å². The minimum Gasteiger partial charge on any atom is -0.325 e. The summed E-state index contributed by atoms with van der Waals surface area (Å²) >= 11 is 3.20. The minimum atomic E-state index is -4.13. The van der Waals surface area contributed by atoms with Crippen molar-refractivity contribution < 1.29 is 17.6 Å². The molecule has 0 saturated heterocycles. The molecule has 0 atom stereocenters. The molecule has 0 aliphatic rings. The third-order valence-corrected chi connectivity index (χ3v) is 9.03. The highest BCUT2D eigenvalue weighted by molar-refractivity contribution is 7.98. The van der Waals surface area contributed by atoms with Crippen LogP contribution >= 0.6 is 23.5 Å². The third-order valence-electron chi connectivity index (χ3n) is 5.42. The van der Waals surface area contributed by atoms with Crippen LogP contribution in [0.3, 0.4) is 0 Å². The summed E-state index contributed by atoms with van der Waals surface area (Å²) in [7, 11) is -4.13. The molecule has 0 heterocycles. The number of carbonyl (C=O) groups excluding carboxylic acids is 1. The Morgan fingerprint density at radius 2 is 1.57 bits per heavy atom. The molecular weight excluding hydrogens is 528 g/mol. The molecule has 0 aromatic heterocycles. The normalized spacial score (nSPS) is 11.2. The van der Waals surface area contributed by atoms with Gasteiger partial charge in [-0.05, 0) is 78.5 Å². The number of anilines is 2. The second-order valence-corrected chi connectivity index (χ2v) is 11.8. The van der Waals surface area contributed by atoms with Crippen LogP contribution in [-0.2, 0) is 20.6 Å². The number of hydrogen-bond acceptors (Lipinski definition) is 5. The highest BCUT2D eigenvalue weighted by Gasteiger charge is 2.27. The Hall–Kier alpha value is -3.27. The van der Waals surface area contributed by atoms with Gasteiger partial charge in [0.25, 0.3) is 10.0 Å². The third kappa shape index (κ3) is 7.15. The topological polar surface area (TPSA) is 66.5 Å². The molecule has 0 aliphatic carbocycles. The van der Waals surface area contributed by atoms with Crippen LogP contribution in [0.2, 0.25) is 0 Å². The van der Waals surface area contributed by atoms with E-state index in [0.717, 1.165) is 26.6 Å². The summed E-state index contributed by atoms with van der Waals surface area (Å²) in [5, 5.41) is 2.75. The van der Waals surface area contributed by atoms with Gasteiger partial charge in [0, 0.05) is 21.2 Å². The van der Waals surface area contributed by atoms with Crippen LogP contribution in [0.4, 0.5) is 15.8 Å². The van der Waals surface area contributed by atoms with Gasteiger partial charge >= 0.3 is 0 Å². The lowest BCUT2D eigenvalue weighted by Gasteiger charge is -2.24. The summed E-state index contributed by atoms with van der Waals surface area (Å²) < 4.78 is 41.9. The van der Waals surface area contributed by atoms with E-state index in [0.29, 0.717) is 5.69 Å². The lowest BCUT2D eigenvalue weighted by atomic mass is 10.2. The standard InChI is InChI=1S/C28H25FN2O3S3/c1-35-25-14-16-27(17-15-25)37(33,34)31(24-7-5-6-22(29)18-24)19-28(32)30-23-12-10-21(11-13-23)20-36-26-8-3-2-4-9-26/h2-18H,19-20H2,1H3,(H,30,32). The Bertz CT molecular complexity index is 1450. The first-order chi connectivity index (χ1) is 17.8. The first kappa shape index (κ1) is 26.8. The van der Waals surface area contributed by atoms with E-state index in [1.807, 2.05) is 36.6 Å². The summed E-state index contributed by atoms with van der Waals surface area (Å²) in [6.07, 6.45) is 1.89. The number of halogens is 1. The number of nitrogens with zero attached hydrogens (tertiary/aromatic N) is 1. The molecule has 0 aliphatic heterocycles. The Labute approximate surface area is 225 Å². The minimum absolute atomic E-state index is 0.0163. The fourth-order valence-corrected chi connectivity index (χ4v) is 6.22. The van der Waals surface area contributed by atoms with Crippen LogP contribution in [0.1, 0.15) is 5.56 Å². The maximum atomic E-state index is 14.0. The SMILES string of the molecule is CSc1ccc(S(=O)(=O)N(CC(=O)Nc2ccc(CSc3ccccc3)cc2)c2cccc(F)c2)cc1. The van der Waals surface area contributed by atoms with Gasteiger partial charge in [0.1, 0.15) is 12.4 Å². The molecule has 0 fully saturated rings. The summed E-state index contributed by atoms with van der Waals surface area (Å²) in [6, 6.07) is 29.0. The van der Waals surface area contributed by atoms with E-state index in [1.54, 1.807) is 36.0 Å². The zero-order chi connectivity index (χ0) is 26.3. The highest BCUT2D eigenvalue weighted by Crippen LogP contribution is 2.27. The fraction of sp³-hybridized carbons (Fsp3) is 0.107. The Balaban J connectivity index is 1.49. The van der Waals surface area contributed by atoms with Crippen molar-refractivity contribution in [3.63, 3.8) is 0 Å². The van der Waals surface area contributed by atoms with Gasteiger partial charge in [-0.2, -0.15) is 0 Å². The van der Waals surface area contributed by atoms with E-state index in [-0.39, 0.29) is 10.6 Å². The molecule has 4 rings (SSSR count). The summed E-state index contributed by atoms with van der Waals surface area (Å²) in [4.78, 5) is 15.0. The van der Waals surface area contributed by atoms with Crippen LogP contribution < -0.4 is 9.62 Å². The molecule has 190 valence electrons. The number of rotatable bonds is 10. The predicted octanol–water partition coefficient (Wildman–Crippen LogP) is 6.67. The van der Waals surface area contributed by atoms with Crippen LogP contribution in [0.5, 0.6) is 0 Å². The number of hydrogen-bond donors (Lipinski definition) is 1. The molecule has 1 N–H and O–H groups in total. The quantitative estimate of drug-likeness (QED) is 0.223. The van der Waals surface area contributed by atoms with Crippen molar-refractivity contribution in [2.75, 3.05) is 22.4 Å². The molecule has 0 bridgehead atoms. The summed E-state index contributed by atoms with van der Waals surface area (Å²) in [5.74, 6) is -0.362. The molecule has 4 aromatic carbocycles. The maximum Gasteiger partial charge on any atom is 0.264 e. The molecule has 0 spiro atoms. The van der Waals surface area contributed by atoms with Crippen LogP contribution in [-0.4, -0.2) is 27.1 Å². The molecule has 37 heavy (non-hydrogen) atoms. The first-order valence-electron chi connectivity index (χ1n) is 11.3. The molecular formula is C28H25FN2O3S3. The van der Waals surface area contributed by atoms with Gasteiger partial charge in [-0.25, -0.2) is 12.8 Å². The lowest BCUT2D eigenvalue weighted by Crippen LogP contribution is -2.38. The van der Waals surface area contributed by atoms with Crippen molar-refractivity contribution in [1.82, 2.24) is 0 Å². The van der Waals surface area contributed by atoms with E-state index < -0.39 is 28.3 Å². The second kappa shape index (κ2) is 12.3. The zero-order valence-electron chi connectivity index (χ0n) is 20.0. The number of sulfonamides is 1. The average Bonchev–Trinajstić information content (AvgIpc) is 2.92. The van der Waals surface area contributed by atoms with E-state index >= 15 is 0 Å². The molecule has 0 radical (unpaired) electrons. The van der Waals surface area contributed by atoms with Gasteiger partial charge in [0.2, 0.25) is 5.91 Å². The van der Waals surface area contributed by atoms with E-state index in [2.05, 4.69) is 17.4 Å². The fourth-order valence-electron chi connectivity index (χ4n) is 3.52. The maximum absolute atomic E-state index is 14.0. The number of thioether (sulfide) groups is 2. The van der Waals surface area contributed by atoms with Gasteiger partial charge < -0.3 is 5.32 Å². The van der Waals surface area contributed by atoms with Crippen molar-refractivity contribution in [3.8, 4) is 0 Å². The van der Waals surface area contributed by atoms with E-state index in [9.17, 15) is 17.6 Å². The molecule has 1 amide bonds. The smallest absolute Gasteiger partial charge is 0.264 e. The summed E-state index contributed by atoms with van der Waals surface area (Å²) in [5.41, 5.74) is 1.70. The van der Waals surface area contributed by atoms with Gasteiger partial charge in [-0.1, -0.05) is 36.4 Å². The highest BCUT2D eigenvalue weighted by atomic mass is 32.2. The summed E-state index contributed by atoms with van der Waals surface area (Å²) in [6.45, 7) is -0.512. The number of nitrogens with one attached hydrogen (secondary N) is 1. The first-order valence-corrected chi connectivity index (χ1v) is 15.0. The zero-order valence-corrected chi connectivity index (χ0v) is 22.5. The molecule has 5 nitrogen and oxygen atoms in total. The van der Waals surface area contributed by atoms with Crippen LogP contribution in [0.25, 0.3) is 0 Å². The van der Waals surface area contributed by atoms with Gasteiger partial charge in [-0.15, -0.1) is 23.5 Å². The molecule has 0 unspecified atom stereocenters. The predicted molar refractivity (Wildman–Crippen MR) is 150 cm³/mol.